The average Bonchev–Trinajstić information content (AvgIpc) is 3.00. The van der Waals surface area contributed by atoms with Gasteiger partial charge in [0.25, 0.3) is 0 Å². The van der Waals surface area contributed by atoms with Gasteiger partial charge in [0.1, 0.15) is 11.9 Å². The molecule has 1 N–H and O–H groups in total. The Balaban J connectivity index is 1.71. The van der Waals surface area contributed by atoms with Gasteiger partial charge in [-0.1, -0.05) is 42.5 Å². The lowest BCUT2D eigenvalue weighted by Crippen LogP contribution is -2.04. The van der Waals surface area contributed by atoms with E-state index in [4.69, 9.17) is 9.15 Å². The first-order valence-electron chi connectivity index (χ1n) is 6.79. The van der Waals surface area contributed by atoms with Gasteiger partial charge in [-0.15, -0.1) is 0 Å². The fourth-order valence-corrected chi connectivity index (χ4v) is 1.85. The predicted molar refractivity (Wildman–Crippen MR) is 78.1 cm³/mol. The van der Waals surface area contributed by atoms with Gasteiger partial charge in [0, 0.05) is 0 Å². The normalized spacial score (nSPS) is 14.5. The molecule has 0 spiro atoms. The molecular weight excluding hydrogens is 252 g/mol. The maximum absolute atomic E-state index is 9.84. The maximum Gasteiger partial charge on any atom is 0.132 e. The Morgan fingerprint density at radius 1 is 1.20 bits per heavy atom. The zero-order chi connectivity index (χ0) is 14.2. The third kappa shape index (κ3) is 4.68. The van der Waals surface area contributed by atoms with Crippen LogP contribution in [-0.4, -0.2) is 11.2 Å². The second-order valence-corrected chi connectivity index (χ2v) is 4.70. The number of aliphatic hydroxyl groups excluding tert-OH is 1. The molecule has 2 rings (SSSR count). The largest absolute Gasteiger partial charge is 0.467 e. The number of hydrogen-bond donors (Lipinski definition) is 1. The Morgan fingerprint density at radius 3 is 2.70 bits per heavy atom. The smallest absolute Gasteiger partial charge is 0.132 e. The van der Waals surface area contributed by atoms with Crippen molar-refractivity contribution in [3.8, 4) is 0 Å². The maximum atomic E-state index is 9.84. The lowest BCUT2D eigenvalue weighted by Gasteiger charge is -2.09. The van der Waals surface area contributed by atoms with Crippen molar-refractivity contribution in [1.82, 2.24) is 0 Å². The summed E-state index contributed by atoms with van der Waals surface area (Å²) in [5.74, 6) is 0.590. The molecular formula is C17H20O3. The van der Waals surface area contributed by atoms with Crippen LogP contribution in [0.4, 0.5) is 0 Å². The van der Waals surface area contributed by atoms with Gasteiger partial charge in [0.05, 0.1) is 19.0 Å². The van der Waals surface area contributed by atoms with Crippen LogP contribution < -0.4 is 0 Å². The summed E-state index contributed by atoms with van der Waals surface area (Å²) in [6.07, 6.45) is 5.37. The molecule has 0 aliphatic rings. The molecule has 1 aromatic heterocycles. The summed E-state index contributed by atoms with van der Waals surface area (Å²) in [5, 5.41) is 9.84. The highest BCUT2D eigenvalue weighted by Gasteiger charge is 2.07. The van der Waals surface area contributed by atoms with Crippen LogP contribution in [0.2, 0.25) is 0 Å². The molecule has 0 fully saturated rings. The third-order valence-corrected chi connectivity index (χ3v) is 2.99. The highest BCUT2D eigenvalue weighted by Crippen LogP contribution is 2.17. The van der Waals surface area contributed by atoms with Crippen LogP contribution in [0, 0.1) is 0 Å². The Morgan fingerprint density at radius 2 is 2.00 bits per heavy atom. The van der Waals surface area contributed by atoms with Crippen LogP contribution in [0.3, 0.4) is 0 Å². The topological polar surface area (TPSA) is 42.6 Å². The molecule has 0 bridgehead atoms. The first-order chi connectivity index (χ1) is 9.75. The highest BCUT2D eigenvalue weighted by atomic mass is 16.5. The van der Waals surface area contributed by atoms with E-state index in [1.54, 1.807) is 18.4 Å². The third-order valence-electron chi connectivity index (χ3n) is 2.99. The molecule has 3 nitrogen and oxygen atoms in total. The number of ether oxygens (including phenoxy) is 1. The van der Waals surface area contributed by atoms with Crippen molar-refractivity contribution in [2.24, 2.45) is 0 Å². The van der Waals surface area contributed by atoms with E-state index in [1.807, 2.05) is 49.4 Å². The minimum atomic E-state index is -0.595. The first kappa shape index (κ1) is 14.6. The van der Waals surface area contributed by atoms with E-state index in [9.17, 15) is 5.11 Å². The van der Waals surface area contributed by atoms with Crippen LogP contribution >= 0.6 is 0 Å². The van der Waals surface area contributed by atoms with Gasteiger partial charge < -0.3 is 14.3 Å². The van der Waals surface area contributed by atoms with Crippen LogP contribution in [0.25, 0.3) is 0 Å². The molecule has 0 saturated carbocycles. The number of furan rings is 1. The SMILES string of the molecule is C[C@@H](/C=C\C[C@@H](O)c1ccco1)OCc1ccccc1. The van der Waals surface area contributed by atoms with E-state index in [2.05, 4.69) is 0 Å². The summed E-state index contributed by atoms with van der Waals surface area (Å²) in [4.78, 5) is 0. The molecule has 1 heterocycles. The minimum Gasteiger partial charge on any atom is -0.467 e. The summed E-state index contributed by atoms with van der Waals surface area (Å²) in [5.41, 5.74) is 1.16. The van der Waals surface area contributed by atoms with Gasteiger partial charge >= 0.3 is 0 Å². The Kier molecular flexibility index (Phi) is 5.59. The second kappa shape index (κ2) is 7.68. The van der Waals surface area contributed by atoms with E-state index < -0.39 is 6.10 Å². The predicted octanol–water partition coefficient (Wildman–Crippen LogP) is 3.86. The number of aliphatic hydroxyl groups is 1. The van der Waals surface area contributed by atoms with Crippen molar-refractivity contribution in [2.75, 3.05) is 0 Å². The lowest BCUT2D eigenvalue weighted by atomic mass is 10.2. The van der Waals surface area contributed by atoms with E-state index in [1.165, 1.54) is 0 Å². The Bertz CT molecular complexity index is 502. The van der Waals surface area contributed by atoms with E-state index >= 15 is 0 Å². The molecule has 0 saturated heterocycles. The quantitative estimate of drug-likeness (QED) is 0.778. The number of hydrogen-bond acceptors (Lipinski definition) is 3. The summed E-state index contributed by atoms with van der Waals surface area (Å²) < 4.78 is 10.9. The van der Waals surface area contributed by atoms with Gasteiger partial charge in [-0.05, 0) is 31.0 Å². The summed E-state index contributed by atoms with van der Waals surface area (Å²) >= 11 is 0. The average molecular weight is 272 g/mol. The van der Waals surface area contributed by atoms with Crippen molar-refractivity contribution in [1.29, 1.82) is 0 Å². The van der Waals surface area contributed by atoms with Crippen LogP contribution in [-0.2, 0) is 11.3 Å². The van der Waals surface area contributed by atoms with Crippen LogP contribution in [0.5, 0.6) is 0 Å². The number of benzene rings is 1. The van der Waals surface area contributed by atoms with Crippen LogP contribution in [0.1, 0.15) is 30.8 Å². The van der Waals surface area contributed by atoms with Crippen molar-refractivity contribution in [2.45, 2.75) is 32.2 Å². The highest BCUT2D eigenvalue weighted by molar-refractivity contribution is 5.13. The Hall–Kier alpha value is -1.84. The zero-order valence-electron chi connectivity index (χ0n) is 11.6. The van der Waals surface area contributed by atoms with E-state index in [-0.39, 0.29) is 6.10 Å². The molecule has 0 aliphatic heterocycles. The van der Waals surface area contributed by atoms with E-state index in [0.29, 0.717) is 18.8 Å². The molecule has 2 atom stereocenters. The molecule has 0 radical (unpaired) electrons. The summed E-state index contributed by atoms with van der Waals surface area (Å²) in [6, 6.07) is 13.6. The van der Waals surface area contributed by atoms with Gasteiger partial charge in [-0.3, -0.25) is 0 Å². The zero-order valence-corrected chi connectivity index (χ0v) is 11.6. The standard InChI is InChI=1S/C17H20O3/c1-14(20-13-15-8-3-2-4-9-15)7-5-10-16(18)17-11-6-12-19-17/h2-9,11-12,14,16,18H,10,13H2,1H3/b7-5-/t14-,16+/m0/s1. The van der Waals surface area contributed by atoms with Crippen molar-refractivity contribution < 1.29 is 14.3 Å². The monoisotopic (exact) mass is 272 g/mol. The fourth-order valence-electron chi connectivity index (χ4n) is 1.85. The second-order valence-electron chi connectivity index (χ2n) is 4.70. The minimum absolute atomic E-state index is 0.0130. The fraction of sp³-hybridized carbons (Fsp3) is 0.294. The van der Waals surface area contributed by atoms with Crippen molar-refractivity contribution in [3.05, 3.63) is 72.2 Å². The first-order valence-corrected chi connectivity index (χ1v) is 6.79. The molecule has 0 amide bonds. The van der Waals surface area contributed by atoms with Gasteiger partial charge in [-0.25, -0.2) is 0 Å². The van der Waals surface area contributed by atoms with Crippen molar-refractivity contribution >= 4 is 0 Å². The lowest BCUT2D eigenvalue weighted by molar-refractivity contribution is 0.0834. The number of rotatable bonds is 7. The molecule has 0 unspecified atom stereocenters. The molecule has 20 heavy (non-hydrogen) atoms. The van der Waals surface area contributed by atoms with Crippen LogP contribution in [0.15, 0.2) is 65.3 Å². The molecule has 106 valence electrons. The van der Waals surface area contributed by atoms with Crippen molar-refractivity contribution in [3.63, 3.8) is 0 Å². The molecule has 3 heteroatoms. The molecule has 1 aromatic carbocycles. The van der Waals surface area contributed by atoms with Gasteiger partial charge in [0.15, 0.2) is 0 Å². The molecule has 0 aliphatic carbocycles. The summed E-state index contributed by atoms with van der Waals surface area (Å²) in [7, 11) is 0. The molecule has 2 aromatic rings. The van der Waals surface area contributed by atoms with Gasteiger partial charge in [-0.2, -0.15) is 0 Å². The van der Waals surface area contributed by atoms with Gasteiger partial charge in [0.2, 0.25) is 0 Å². The van der Waals surface area contributed by atoms with E-state index in [0.717, 1.165) is 5.56 Å². The Labute approximate surface area is 119 Å². The summed E-state index contributed by atoms with van der Waals surface area (Å²) in [6.45, 7) is 2.58.